The van der Waals surface area contributed by atoms with Crippen LogP contribution in [0.2, 0.25) is 5.02 Å². The monoisotopic (exact) mass is 557 g/mol. The second-order valence-electron chi connectivity index (χ2n) is 10.4. The van der Waals surface area contributed by atoms with Crippen molar-refractivity contribution >= 4 is 35.1 Å². The highest BCUT2D eigenvalue weighted by Gasteiger charge is 2.46. The normalized spacial score (nSPS) is 19.6. The maximum atomic E-state index is 15.0. The van der Waals surface area contributed by atoms with E-state index in [0.717, 1.165) is 31.2 Å². The molecule has 1 aliphatic carbocycles. The number of hydrogen-bond donors (Lipinski definition) is 3. The molecule has 1 spiro atoms. The summed E-state index contributed by atoms with van der Waals surface area (Å²) in [4.78, 5) is 37.4. The van der Waals surface area contributed by atoms with Crippen LogP contribution in [-0.2, 0) is 37.8 Å². The molecular formula is C29H33ClFN3O5. The van der Waals surface area contributed by atoms with E-state index in [1.54, 1.807) is 18.2 Å². The highest BCUT2D eigenvalue weighted by Crippen LogP contribution is 2.40. The molecule has 0 unspecified atom stereocenters. The van der Waals surface area contributed by atoms with Gasteiger partial charge in [-0.3, -0.25) is 14.4 Å². The molecule has 8 nitrogen and oxygen atoms in total. The Balaban J connectivity index is 1.34. The highest BCUT2D eigenvalue weighted by atomic mass is 35.5. The van der Waals surface area contributed by atoms with Crippen molar-refractivity contribution in [3.05, 3.63) is 63.4 Å². The van der Waals surface area contributed by atoms with E-state index in [1.165, 1.54) is 25.0 Å². The molecule has 2 aromatic carbocycles. The molecule has 3 aliphatic rings. The van der Waals surface area contributed by atoms with Gasteiger partial charge in [0.05, 0.1) is 35.7 Å². The average molecular weight is 558 g/mol. The van der Waals surface area contributed by atoms with Crippen molar-refractivity contribution in [2.24, 2.45) is 0 Å². The summed E-state index contributed by atoms with van der Waals surface area (Å²) in [6.07, 6.45) is 6.78. The second-order valence-corrected chi connectivity index (χ2v) is 10.8. The Labute approximate surface area is 232 Å². The van der Waals surface area contributed by atoms with E-state index < -0.39 is 23.5 Å². The Morgan fingerprint density at radius 2 is 1.74 bits per heavy atom. The number of anilines is 1. The fraction of sp³-hybridized carbons (Fsp3) is 0.483. The Kier molecular flexibility index (Phi) is 8.37. The zero-order valence-corrected chi connectivity index (χ0v) is 22.5. The number of fused-ring (bicyclic) bond motifs is 2. The van der Waals surface area contributed by atoms with Gasteiger partial charge in [-0.25, -0.2) is 4.39 Å². The summed E-state index contributed by atoms with van der Waals surface area (Å²) in [5, 5.41) is 9.89. The Morgan fingerprint density at radius 1 is 1.03 bits per heavy atom. The molecule has 10 heteroatoms. The molecule has 0 atom stereocenters. The number of amides is 1. The molecule has 208 valence electrons. The Morgan fingerprint density at radius 3 is 2.44 bits per heavy atom. The van der Waals surface area contributed by atoms with Gasteiger partial charge < -0.3 is 25.4 Å². The molecule has 0 aromatic heterocycles. The summed E-state index contributed by atoms with van der Waals surface area (Å²) in [5.41, 5.74) is 2.53. The minimum absolute atomic E-state index is 0.0274. The standard InChI is InChI=1S/C29H33ClFN3O5/c30-23-10-9-22-20(13-14-32-17-29(22)38-25(35)11-12-26(36)39-29)27(23)33-16-18-7-8-21(24(31)15-18)28(37)34-19-5-3-1-2-4-6-19/h7-10,15,19,32-33H,1-6,11-14,16-17H2,(H,34,37). The number of carbonyl (C=O) groups is 3. The highest BCUT2D eigenvalue weighted by molar-refractivity contribution is 6.33. The first-order chi connectivity index (χ1) is 18.8. The number of ether oxygens (including phenoxy) is 2. The van der Waals surface area contributed by atoms with Gasteiger partial charge in [0, 0.05) is 18.2 Å². The number of benzene rings is 2. The van der Waals surface area contributed by atoms with E-state index in [4.69, 9.17) is 21.1 Å². The van der Waals surface area contributed by atoms with Gasteiger partial charge in [-0.05, 0) is 61.2 Å². The average Bonchev–Trinajstić information content (AvgIpc) is 3.32. The lowest BCUT2D eigenvalue weighted by Gasteiger charge is -2.32. The topological polar surface area (TPSA) is 106 Å². The van der Waals surface area contributed by atoms with Crippen LogP contribution in [0.1, 0.15) is 78.4 Å². The predicted molar refractivity (Wildman–Crippen MR) is 144 cm³/mol. The van der Waals surface area contributed by atoms with Crippen LogP contribution in [0.15, 0.2) is 30.3 Å². The minimum Gasteiger partial charge on any atom is -0.416 e. The number of hydrogen-bond acceptors (Lipinski definition) is 7. The predicted octanol–water partition coefficient (Wildman–Crippen LogP) is 4.72. The SMILES string of the molecule is O=C1CCC(=O)OC2(CNCCc3c2ccc(Cl)c3NCc2ccc(C(=O)NC3CCCCCC3)c(F)c2)O1. The van der Waals surface area contributed by atoms with Crippen molar-refractivity contribution in [2.45, 2.75) is 76.2 Å². The van der Waals surface area contributed by atoms with E-state index in [-0.39, 0.29) is 43.4 Å². The maximum Gasteiger partial charge on any atom is 0.309 e. The maximum absolute atomic E-state index is 15.0. The summed E-state index contributed by atoms with van der Waals surface area (Å²) in [6, 6.07) is 8.02. The number of carbonyl (C=O) groups excluding carboxylic acids is 3. The molecule has 2 aromatic rings. The molecule has 0 radical (unpaired) electrons. The Hall–Kier alpha value is -3.17. The summed E-state index contributed by atoms with van der Waals surface area (Å²) in [7, 11) is 0. The Bertz CT molecular complexity index is 1240. The van der Waals surface area contributed by atoms with Gasteiger partial charge >= 0.3 is 11.9 Å². The smallest absolute Gasteiger partial charge is 0.309 e. The van der Waals surface area contributed by atoms with Crippen LogP contribution in [0.3, 0.4) is 0 Å². The summed E-state index contributed by atoms with van der Waals surface area (Å²) in [5.74, 6) is -3.59. The number of rotatable bonds is 5. The first kappa shape index (κ1) is 27.4. The van der Waals surface area contributed by atoms with Gasteiger partial charge in [-0.15, -0.1) is 0 Å². The van der Waals surface area contributed by atoms with E-state index >= 15 is 0 Å². The van der Waals surface area contributed by atoms with E-state index in [2.05, 4.69) is 16.0 Å². The van der Waals surface area contributed by atoms with Crippen LogP contribution in [0.25, 0.3) is 0 Å². The third-order valence-corrected chi connectivity index (χ3v) is 7.93. The summed E-state index contributed by atoms with van der Waals surface area (Å²) < 4.78 is 26.4. The fourth-order valence-electron chi connectivity index (χ4n) is 5.60. The van der Waals surface area contributed by atoms with Crippen molar-refractivity contribution < 1.29 is 28.2 Å². The van der Waals surface area contributed by atoms with Crippen molar-refractivity contribution in [3.8, 4) is 0 Å². The third kappa shape index (κ3) is 6.20. The minimum atomic E-state index is -1.59. The molecule has 39 heavy (non-hydrogen) atoms. The molecule has 1 saturated heterocycles. The van der Waals surface area contributed by atoms with Crippen molar-refractivity contribution in [3.63, 3.8) is 0 Å². The van der Waals surface area contributed by atoms with Crippen LogP contribution >= 0.6 is 11.6 Å². The number of esters is 2. The van der Waals surface area contributed by atoms with Gasteiger partial charge in [0.1, 0.15) is 5.82 Å². The molecule has 5 rings (SSSR count). The molecular weight excluding hydrogens is 525 g/mol. The molecule has 1 saturated carbocycles. The molecule has 0 bridgehead atoms. The van der Waals surface area contributed by atoms with Gasteiger partial charge in [-0.2, -0.15) is 0 Å². The zero-order valence-electron chi connectivity index (χ0n) is 21.7. The zero-order chi connectivity index (χ0) is 27.4. The lowest BCUT2D eigenvalue weighted by atomic mass is 9.96. The lowest BCUT2D eigenvalue weighted by Crippen LogP contribution is -2.43. The van der Waals surface area contributed by atoms with Gasteiger partial charge in [0.2, 0.25) is 0 Å². The summed E-state index contributed by atoms with van der Waals surface area (Å²) in [6.45, 7) is 0.893. The van der Waals surface area contributed by atoms with Crippen LogP contribution in [0.4, 0.5) is 10.1 Å². The molecule has 1 amide bonds. The van der Waals surface area contributed by atoms with E-state index in [1.807, 2.05) is 0 Å². The second kappa shape index (κ2) is 11.9. The van der Waals surface area contributed by atoms with Crippen molar-refractivity contribution in [2.75, 3.05) is 18.4 Å². The van der Waals surface area contributed by atoms with Crippen molar-refractivity contribution in [1.82, 2.24) is 10.6 Å². The largest absolute Gasteiger partial charge is 0.416 e. The first-order valence-corrected chi connectivity index (χ1v) is 14.0. The molecule has 2 aliphatic heterocycles. The number of nitrogens with one attached hydrogen (secondary N) is 3. The van der Waals surface area contributed by atoms with Crippen molar-refractivity contribution in [1.29, 1.82) is 0 Å². The molecule has 2 fully saturated rings. The lowest BCUT2D eigenvalue weighted by molar-refractivity contribution is -0.225. The quantitative estimate of drug-likeness (QED) is 0.361. The van der Waals surface area contributed by atoms with Crippen LogP contribution < -0.4 is 16.0 Å². The van der Waals surface area contributed by atoms with Crippen LogP contribution in [0, 0.1) is 5.82 Å². The summed E-state index contributed by atoms with van der Waals surface area (Å²) >= 11 is 6.57. The van der Waals surface area contributed by atoms with E-state index in [0.29, 0.717) is 34.8 Å². The van der Waals surface area contributed by atoms with Gasteiger partial charge in [-0.1, -0.05) is 43.4 Å². The molecule has 3 N–H and O–H groups in total. The number of halogens is 2. The molecule has 2 heterocycles. The van der Waals surface area contributed by atoms with Gasteiger partial charge in [0.25, 0.3) is 11.7 Å². The fourth-order valence-corrected chi connectivity index (χ4v) is 5.84. The third-order valence-electron chi connectivity index (χ3n) is 7.61. The van der Waals surface area contributed by atoms with E-state index in [9.17, 15) is 18.8 Å². The van der Waals surface area contributed by atoms with Crippen LogP contribution in [0.5, 0.6) is 0 Å². The van der Waals surface area contributed by atoms with Crippen LogP contribution in [-0.4, -0.2) is 37.0 Å². The van der Waals surface area contributed by atoms with Gasteiger partial charge in [0.15, 0.2) is 0 Å². The first-order valence-electron chi connectivity index (χ1n) is 13.6.